The molecule has 8 heteroatoms. The van der Waals surface area contributed by atoms with Crippen LogP contribution in [-0.2, 0) is 24.5 Å². The lowest BCUT2D eigenvalue weighted by Crippen LogP contribution is -2.15. The maximum absolute atomic E-state index is 11.8. The molecule has 1 unspecified atom stereocenters. The van der Waals surface area contributed by atoms with Crippen molar-refractivity contribution in [2.24, 2.45) is 0 Å². The molecule has 0 heterocycles. The summed E-state index contributed by atoms with van der Waals surface area (Å²) in [5, 5.41) is 9.13. The number of rotatable bonds is 5. The fourth-order valence-electron chi connectivity index (χ4n) is 1.88. The highest BCUT2D eigenvalue weighted by Crippen LogP contribution is 2.29. The highest BCUT2D eigenvalue weighted by molar-refractivity contribution is 7.91. The van der Waals surface area contributed by atoms with Crippen molar-refractivity contribution in [2.45, 2.75) is 29.1 Å². The molecule has 0 radical (unpaired) electrons. The fourth-order valence-corrected chi connectivity index (χ4v) is 3.58. The minimum atomic E-state index is -3.73. The van der Waals surface area contributed by atoms with Crippen LogP contribution >= 0.6 is 0 Å². The summed E-state index contributed by atoms with van der Waals surface area (Å²) in [6, 6.07) is 3.51. The molecule has 0 aromatic heterocycles. The summed E-state index contributed by atoms with van der Waals surface area (Å²) in [5.41, 5.74) is 0.106. The molecule has 20 heavy (non-hydrogen) atoms. The summed E-state index contributed by atoms with van der Waals surface area (Å²) < 4.78 is 46.5. The standard InChI is InChI=1S/C12H16O6S2/c1-4-9(12(13)14)10-6-5-8(19(2,15)16)7-11(10)20(3,17)18/h5-7,9H,4H2,1-3H3,(H,13,14). The highest BCUT2D eigenvalue weighted by Gasteiger charge is 2.26. The smallest absolute Gasteiger partial charge is 0.311 e. The Morgan fingerprint density at radius 3 is 2.05 bits per heavy atom. The summed E-state index contributed by atoms with van der Waals surface area (Å²) in [6.07, 6.45) is 2.09. The predicted molar refractivity (Wildman–Crippen MR) is 73.3 cm³/mol. The lowest BCUT2D eigenvalue weighted by Gasteiger charge is -2.15. The van der Waals surface area contributed by atoms with Gasteiger partial charge in [-0.25, -0.2) is 16.8 Å². The van der Waals surface area contributed by atoms with E-state index in [0.29, 0.717) is 0 Å². The minimum absolute atomic E-state index is 0.106. The number of benzene rings is 1. The van der Waals surface area contributed by atoms with Crippen LogP contribution in [0.4, 0.5) is 0 Å². The molecule has 1 N–H and O–H groups in total. The average Bonchev–Trinajstić information content (AvgIpc) is 2.26. The predicted octanol–water partition coefficient (Wildman–Crippen LogP) is 1.07. The Bertz CT molecular complexity index is 731. The number of hydrogen-bond donors (Lipinski definition) is 1. The van der Waals surface area contributed by atoms with E-state index >= 15 is 0 Å². The molecule has 1 aromatic rings. The third-order valence-corrected chi connectivity index (χ3v) is 5.16. The Morgan fingerprint density at radius 1 is 1.15 bits per heavy atom. The van der Waals surface area contributed by atoms with Gasteiger partial charge in [-0.15, -0.1) is 0 Å². The molecule has 0 spiro atoms. The van der Waals surface area contributed by atoms with Crippen LogP contribution in [0.5, 0.6) is 0 Å². The zero-order valence-electron chi connectivity index (χ0n) is 11.3. The van der Waals surface area contributed by atoms with Gasteiger partial charge in [-0.2, -0.15) is 0 Å². The van der Waals surface area contributed by atoms with Gasteiger partial charge in [0.05, 0.1) is 15.7 Å². The van der Waals surface area contributed by atoms with Crippen LogP contribution < -0.4 is 0 Å². The number of hydrogen-bond acceptors (Lipinski definition) is 5. The summed E-state index contributed by atoms with van der Waals surface area (Å²) in [6.45, 7) is 1.62. The second kappa shape index (κ2) is 5.53. The summed E-state index contributed by atoms with van der Waals surface area (Å²) in [5.74, 6) is -2.14. The third kappa shape index (κ3) is 3.57. The zero-order chi connectivity index (χ0) is 15.7. The second-order valence-electron chi connectivity index (χ2n) is 4.54. The SMILES string of the molecule is CCC(C(=O)O)c1ccc(S(C)(=O)=O)cc1S(C)(=O)=O. The molecular weight excluding hydrogens is 304 g/mol. The molecule has 0 saturated carbocycles. The molecule has 0 saturated heterocycles. The van der Waals surface area contributed by atoms with Crippen LogP contribution in [0.2, 0.25) is 0 Å². The van der Waals surface area contributed by atoms with E-state index in [1.54, 1.807) is 6.92 Å². The van der Waals surface area contributed by atoms with E-state index in [0.717, 1.165) is 18.6 Å². The van der Waals surface area contributed by atoms with Gasteiger partial charge >= 0.3 is 5.97 Å². The Balaban J connectivity index is 3.67. The van der Waals surface area contributed by atoms with Gasteiger partial charge in [-0.05, 0) is 24.1 Å². The fraction of sp³-hybridized carbons (Fsp3) is 0.417. The molecule has 112 valence electrons. The van der Waals surface area contributed by atoms with Crippen molar-refractivity contribution in [3.05, 3.63) is 23.8 Å². The molecule has 1 atom stereocenters. The van der Waals surface area contributed by atoms with Crippen LogP contribution in [-0.4, -0.2) is 40.4 Å². The normalized spacial score (nSPS) is 13.9. The Kier molecular flexibility index (Phi) is 4.60. The van der Waals surface area contributed by atoms with E-state index < -0.39 is 31.6 Å². The van der Waals surface area contributed by atoms with E-state index in [-0.39, 0.29) is 21.8 Å². The number of carboxylic acids is 1. The largest absolute Gasteiger partial charge is 0.481 e. The molecule has 0 bridgehead atoms. The molecule has 0 fully saturated rings. The van der Waals surface area contributed by atoms with Crippen LogP contribution in [0.3, 0.4) is 0 Å². The van der Waals surface area contributed by atoms with Crippen LogP contribution in [0.15, 0.2) is 28.0 Å². The molecule has 0 aliphatic carbocycles. The van der Waals surface area contributed by atoms with Crippen molar-refractivity contribution in [3.63, 3.8) is 0 Å². The maximum atomic E-state index is 11.8. The van der Waals surface area contributed by atoms with Gasteiger partial charge in [0.15, 0.2) is 19.7 Å². The van der Waals surface area contributed by atoms with E-state index in [1.165, 1.54) is 12.1 Å². The molecule has 6 nitrogen and oxygen atoms in total. The summed E-state index contributed by atoms with van der Waals surface area (Å²) >= 11 is 0. The van der Waals surface area contributed by atoms with Crippen LogP contribution in [0.25, 0.3) is 0 Å². The van der Waals surface area contributed by atoms with Crippen molar-refractivity contribution >= 4 is 25.6 Å². The summed E-state index contributed by atoms with van der Waals surface area (Å²) in [4.78, 5) is 10.8. The van der Waals surface area contributed by atoms with Gasteiger partial charge in [0.25, 0.3) is 0 Å². The Labute approximate surface area is 118 Å². The zero-order valence-corrected chi connectivity index (χ0v) is 13.0. The third-order valence-electron chi connectivity index (χ3n) is 2.89. The van der Waals surface area contributed by atoms with Crippen molar-refractivity contribution < 1.29 is 26.7 Å². The number of sulfone groups is 2. The van der Waals surface area contributed by atoms with E-state index in [2.05, 4.69) is 0 Å². The van der Waals surface area contributed by atoms with E-state index in [4.69, 9.17) is 5.11 Å². The Hall–Kier alpha value is -1.41. The lowest BCUT2D eigenvalue weighted by molar-refractivity contribution is -0.138. The van der Waals surface area contributed by atoms with Gasteiger partial charge < -0.3 is 5.11 Å². The highest BCUT2D eigenvalue weighted by atomic mass is 32.2. The number of carbonyl (C=O) groups is 1. The van der Waals surface area contributed by atoms with Gasteiger partial charge in [-0.3, -0.25) is 4.79 Å². The first-order valence-corrected chi connectivity index (χ1v) is 9.53. The van der Waals surface area contributed by atoms with E-state index in [1.807, 2.05) is 0 Å². The summed E-state index contributed by atoms with van der Waals surface area (Å²) in [7, 11) is -7.30. The second-order valence-corrected chi connectivity index (χ2v) is 8.54. The van der Waals surface area contributed by atoms with Crippen molar-refractivity contribution in [1.82, 2.24) is 0 Å². The first-order valence-electron chi connectivity index (χ1n) is 5.75. The van der Waals surface area contributed by atoms with Crippen molar-refractivity contribution in [1.29, 1.82) is 0 Å². The minimum Gasteiger partial charge on any atom is -0.481 e. The maximum Gasteiger partial charge on any atom is 0.311 e. The topological polar surface area (TPSA) is 106 Å². The average molecular weight is 320 g/mol. The molecule has 0 amide bonds. The molecule has 1 aromatic carbocycles. The van der Waals surface area contributed by atoms with E-state index in [9.17, 15) is 21.6 Å². The monoisotopic (exact) mass is 320 g/mol. The van der Waals surface area contributed by atoms with Crippen LogP contribution in [0, 0.1) is 0 Å². The first-order chi connectivity index (χ1) is 8.98. The van der Waals surface area contributed by atoms with Gasteiger partial charge in [0.2, 0.25) is 0 Å². The lowest BCUT2D eigenvalue weighted by atomic mass is 9.97. The van der Waals surface area contributed by atoms with Crippen molar-refractivity contribution in [3.8, 4) is 0 Å². The Morgan fingerprint density at radius 2 is 1.70 bits per heavy atom. The molecule has 1 rings (SSSR count). The van der Waals surface area contributed by atoms with Gasteiger partial charge in [0.1, 0.15) is 0 Å². The van der Waals surface area contributed by atoms with Crippen LogP contribution in [0.1, 0.15) is 24.8 Å². The molecule has 0 aliphatic heterocycles. The first kappa shape index (κ1) is 16.6. The van der Waals surface area contributed by atoms with Gasteiger partial charge in [-0.1, -0.05) is 13.0 Å². The quantitative estimate of drug-likeness (QED) is 0.870. The van der Waals surface area contributed by atoms with Crippen molar-refractivity contribution in [2.75, 3.05) is 12.5 Å². The van der Waals surface area contributed by atoms with Gasteiger partial charge in [0, 0.05) is 12.5 Å². The molecular formula is C12H16O6S2. The molecule has 0 aliphatic rings. The number of carboxylic acid groups (broad SMARTS) is 1. The number of aliphatic carboxylic acids is 1.